The van der Waals surface area contributed by atoms with Crippen molar-refractivity contribution >= 4 is 44.0 Å². The molecule has 1 fully saturated rings. The molecule has 2 atom stereocenters. The number of anilines is 2. The van der Waals surface area contributed by atoms with E-state index in [1.807, 2.05) is 32.0 Å². The van der Waals surface area contributed by atoms with Gasteiger partial charge in [0.15, 0.2) is 15.0 Å². The lowest BCUT2D eigenvalue weighted by Crippen LogP contribution is -2.40. The van der Waals surface area contributed by atoms with Crippen molar-refractivity contribution in [2.45, 2.75) is 25.9 Å². The van der Waals surface area contributed by atoms with Gasteiger partial charge in [-0.05, 0) is 37.6 Å². The molecule has 2 aromatic rings. The van der Waals surface area contributed by atoms with E-state index < -0.39 is 27.7 Å². The van der Waals surface area contributed by atoms with Gasteiger partial charge in [0.1, 0.15) is 5.82 Å². The fraction of sp³-hybridized carbons (Fsp3) is 0.333. The molecule has 2 aliphatic heterocycles. The van der Waals surface area contributed by atoms with Crippen LogP contribution in [0.1, 0.15) is 11.1 Å². The maximum absolute atomic E-state index is 14.5. The van der Waals surface area contributed by atoms with Gasteiger partial charge in [-0.25, -0.2) is 12.8 Å². The molecule has 4 rings (SSSR count). The van der Waals surface area contributed by atoms with Gasteiger partial charge >= 0.3 is 0 Å². The molecule has 0 unspecified atom stereocenters. The number of aliphatic imine (C=N–C) groups is 1. The maximum atomic E-state index is 14.5. The van der Waals surface area contributed by atoms with Crippen LogP contribution in [-0.2, 0) is 14.6 Å². The monoisotopic (exact) mass is 447 g/mol. The minimum atomic E-state index is -3.22. The number of halogens is 1. The normalized spacial score (nSPS) is 22.0. The zero-order valence-corrected chi connectivity index (χ0v) is 18.3. The number of benzene rings is 2. The molecule has 1 amide bonds. The van der Waals surface area contributed by atoms with Crippen molar-refractivity contribution in [3.63, 3.8) is 0 Å². The number of rotatable bonds is 4. The number of nitrogens with zero attached hydrogens (tertiary/aromatic N) is 2. The van der Waals surface area contributed by atoms with Crippen LogP contribution in [0, 0.1) is 19.7 Å². The number of carbonyl (C=O) groups excluding carboxylic acids is 1. The Kier molecular flexibility index (Phi) is 5.59. The van der Waals surface area contributed by atoms with E-state index in [9.17, 15) is 17.6 Å². The quantitative estimate of drug-likeness (QED) is 0.779. The number of sulfone groups is 1. The first-order chi connectivity index (χ1) is 14.2. The van der Waals surface area contributed by atoms with Crippen LogP contribution in [0.15, 0.2) is 47.5 Å². The van der Waals surface area contributed by atoms with Crippen LogP contribution in [0.5, 0.6) is 0 Å². The lowest BCUT2D eigenvalue weighted by Gasteiger charge is -2.26. The predicted octanol–water partition coefficient (Wildman–Crippen LogP) is 3.16. The number of carbonyl (C=O) groups is 1. The average molecular weight is 448 g/mol. The van der Waals surface area contributed by atoms with Crippen molar-refractivity contribution in [3.05, 3.63) is 59.4 Å². The summed E-state index contributed by atoms with van der Waals surface area (Å²) in [5.74, 6) is -0.692. The number of thioether (sulfide) groups is 1. The molecule has 30 heavy (non-hydrogen) atoms. The minimum Gasteiger partial charge on any atom is -0.325 e. The van der Waals surface area contributed by atoms with E-state index in [-0.39, 0.29) is 28.9 Å². The van der Waals surface area contributed by atoms with Crippen LogP contribution >= 0.6 is 11.8 Å². The van der Waals surface area contributed by atoms with Crippen molar-refractivity contribution in [1.29, 1.82) is 0 Å². The minimum absolute atomic E-state index is 0.0541. The molecule has 0 aromatic heterocycles. The number of hydrogen-bond acceptors (Lipinski definition) is 6. The van der Waals surface area contributed by atoms with E-state index in [0.717, 1.165) is 16.8 Å². The molecular weight excluding hydrogens is 425 g/mol. The Bertz CT molecular complexity index is 1130. The Balaban J connectivity index is 1.52. The van der Waals surface area contributed by atoms with Gasteiger partial charge in [0, 0.05) is 5.69 Å². The van der Waals surface area contributed by atoms with Crippen molar-refractivity contribution in [1.82, 2.24) is 0 Å². The third-order valence-electron chi connectivity index (χ3n) is 5.21. The van der Waals surface area contributed by atoms with Gasteiger partial charge in [0.05, 0.1) is 35.0 Å². The number of nitrogens with one attached hydrogen (secondary N) is 1. The second kappa shape index (κ2) is 8.03. The van der Waals surface area contributed by atoms with Crippen molar-refractivity contribution in [3.8, 4) is 0 Å². The Morgan fingerprint density at radius 2 is 2.00 bits per heavy atom. The van der Waals surface area contributed by atoms with Crippen LogP contribution in [0.4, 0.5) is 15.8 Å². The Labute approximate surface area is 179 Å². The summed E-state index contributed by atoms with van der Waals surface area (Å²) in [7, 11) is -3.22. The van der Waals surface area contributed by atoms with E-state index in [4.69, 9.17) is 0 Å². The predicted molar refractivity (Wildman–Crippen MR) is 120 cm³/mol. The number of aryl methyl sites for hydroxylation is 2. The van der Waals surface area contributed by atoms with E-state index in [1.165, 1.54) is 17.8 Å². The molecule has 0 radical (unpaired) electrons. The smallest absolute Gasteiger partial charge is 0.234 e. The number of amidine groups is 1. The lowest BCUT2D eigenvalue weighted by atomic mass is 10.1. The fourth-order valence-corrected chi connectivity index (χ4v) is 6.59. The van der Waals surface area contributed by atoms with Crippen LogP contribution in [0.2, 0.25) is 0 Å². The summed E-state index contributed by atoms with van der Waals surface area (Å²) in [4.78, 5) is 18.7. The van der Waals surface area contributed by atoms with Crippen molar-refractivity contribution in [2.75, 3.05) is 27.5 Å². The summed E-state index contributed by atoms with van der Waals surface area (Å²) in [5.41, 5.74) is 3.11. The molecule has 2 aliphatic rings. The van der Waals surface area contributed by atoms with E-state index >= 15 is 0 Å². The molecule has 9 heteroatoms. The van der Waals surface area contributed by atoms with Gasteiger partial charge in [-0.1, -0.05) is 41.6 Å². The van der Waals surface area contributed by atoms with Crippen LogP contribution in [0.25, 0.3) is 0 Å². The number of para-hydroxylation sites is 1. The van der Waals surface area contributed by atoms with Crippen LogP contribution < -0.4 is 10.2 Å². The summed E-state index contributed by atoms with van der Waals surface area (Å²) in [6.45, 7) is 3.92. The highest BCUT2D eigenvalue weighted by atomic mass is 32.2. The highest BCUT2D eigenvalue weighted by Crippen LogP contribution is 2.36. The standard InChI is InChI=1S/C21H22FN3O3S2/c1-13-7-8-16(14(2)9-13)23-20(26)10-29-21-24-17-11-30(27,28)12-19(17)25(21)18-6-4-3-5-15(18)22/h3-9,17,19H,10-12H2,1-2H3,(H,23,26)/t17-,19+/m1/s1. The topological polar surface area (TPSA) is 78.8 Å². The van der Waals surface area contributed by atoms with Crippen molar-refractivity contribution in [2.24, 2.45) is 4.99 Å². The summed E-state index contributed by atoms with van der Waals surface area (Å²) >= 11 is 1.19. The van der Waals surface area contributed by atoms with E-state index in [2.05, 4.69) is 10.3 Å². The van der Waals surface area contributed by atoms with Crippen LogP contribution in [0.3, 0.4) is 0 Å². The van der Waals surface area contributed by atoms with Gasteiger partial charge in [-0.15, -0.1) is 0 Å². The van der Waals surface area contributed by atoms with Gasteiger partial charge < -0.3 is 10.2 Å². The largest absolute Gasteiger partial charge is 0.325 e. The van der Waals surface area contributed by atoms with Gasteiger partial charge in [-0.3, -0.25) is 9.79 Å². The molecule has 2 aromatic carbocycles. The molecule has 1 saturated heterocycles. The summed E-state index contributed by atoms with van der Waals surface area (Å²) < 4.78 is 38.6. The van der Waals surface area contributed by atoms with Gasteiger partial charge in [0.2, 0.25) is 5.91 Å². The fourth-order valence-electron chi connectivity index (χ4n) is 3.83. The van der Waals surface area contributed by atoms with Crippen LogP contribution in [-0.4, -0.2) is 48.8 Å². The summed E-state index contributed by atoms with van der Waals surface area (Å²) in [5, 5.41) is 3.36. The molecule has 158 valence electrons. The summed E-state index contributed by atoms with van der Waals surface area (Å²) in [6, 6.07) is 11.1. The number of fused-ring (bicyclic) bond motifs is 1. The third kappa shape index (κ3) is 4.22. The zero-order valence-electron chi connectivity index (χ0n) is 16.6. The Morgan fingerprint density at radius 1 is 1.23 bits per heavy atom. The van der Waals surface area contributed by atoms with Crippen molar-refractivity contribution < 1.29 is 17.6 Å². The Morgan fingerprint density at radius 3 is 2.73 bits per heavy atom. The molecule has 0 aliphatic carbocycles. The zero-order chi connectivity index (χ0) is 21.5. The second-order valence-electron chi connectivity index (χ2n) is 7.60. The molecule has 0 spiro atoms. The first-order valence-electron chi connectivity index (χ1n) is 9.55. The maximum Gasteiger partial charge on any atom is 0.234 e. The number of amides is 1. The molecule has 1 N–H and O–H groups in total. The SMILES string of the molecule is Cc1ccc(NC(=O)CSC2=N[C@@H]3CS(=O)(=O)C[C@@H]3N2c2ccccc2F)c(C)c1. The lowest BCUT2D eigenvalue weighted by molar-refractivity contribution is -0.113. The third-order valence-corrected chi connectivity index (χ3v) is 7.87. The molecule has 6 nitrogen and oxygen atoms in total. The highest BCUT2D eigenvalue weighted by Gasteiger charge is 2.47. The van der Waals surface area contributed by atoms with E-state index in [0.29, 0.717) is 5.17 Å². The summed E-state index contributed by atoms with van der Waals surface area (Å²) in [6.07, 6.45) is 0. The van der Waals surface area contributed by atoms with Gasteiger partial charge in [0.25, 0.3) is 0 Å². The number of hydrogen-bond donors (Lipinski definition) is 1. The van der Waals surface area contributed by atoms with Gasteiger partial charge in [-0.2, -0.15) is 0 Å². The molecule has 0 saturated carbocycles. The molecule has 2 heterocycles. The molecule has 0 bridgehead atoms. The first-order valence-corrected chi connectivity index (χ1v) is 12.4. The molecular formula is C21H22FN3O3S2. The van der Waals surface area contributed by atoms with E-state index in [1.54, 1.807) is 23.1 Å². The first kappa shape index (κ1) is 20.9. The highest BCUT2D eigenvalue weighted by molar-refractivity contribution is 8.14. The second-order valence-corrected chi connectivity index (χ2v) is 10.7. The Hall–Kier alpha value is -2.39. The average Bonchev–Trinajstić information content (AvgIpc) is 3.14.